The Morgan fingerprint density at radius 3 is 2.66 bits per heavy atom. The van der Waals surface area contributed by atoms with E-state index in [2.05, 4.69) is 39.4 Å². The van der Waals surface area contributed by atoms with Crippen molar-refractivity contribution in [3.8, 4) is 0 Å². The Balaban J connectivity index is 1.42. The normalized spacial score (nSPS) is 27.7. The topological polar surface area (TPSA) is 118 Å². The number of ether oxygens (including phenoxy) is 1. The SMILES string of the molecule is C=CCOC(=O)[C@H]1[C@H]2C(=O)N([C@@H](CO)Cc3ccccc3)C(C(=O)N(CC=C)Cn3nnc4ccccc43)C23CC(Br)[C@@H]1S3. The van der Waals surface area contributed by atoms with E-state index in [1.807, 2.05) is 54.6 Å². The molecule has 3 fully saturated rings. The maximum atomic E-state index is 14.9. The van der Waals surface area contributed by atoms with E-state index in [0.717, 1.165) is 11.1 Å². The van der Waals surface area contributed by atoms with Gasteiger partial charge in [0, 0.05) is 16.6 Å². The van der Waals surface area contributed by atoms with Gasteiger partial charge in [0.05, 0.1) is 34.7 Å². The van der Waals surface area contributed by atoms with Gasteiger partial charge in [-0.25, -0.2) is 4.68 Å². The van der Waals surface area contributed by atoms with Crippen molar-refractivity contribution in [3.63, 3.8) is 0 Å². The average Bonchev–Trinajstić information content (AvgIpc) is 3.76. The van der Waals surface area contributed by atoms with Crippen molar-refractivity contribution in [1.82, 2.24) is 24.8 Å². The Morgan fingerprint density at radius 1 is 1.18 bits per heavy atom. The summed E-state index contributed by atoms with van der Waals surface area (Å²) >= 11 is 5.31. The van der Waals surface area contributed by atoms with E-state index in [9.17, 15) is 19.5 Å². The summed E-state index contributed by atoms with van der Waals surface area (Å²) < 4.78 is 6.25. The van der Waals surface area contributed by atoms with Crippen molar-refractivity contribution >= 4 is 56.5 Å². The molecule has 12 heteroatoms. The third-order valence-corrected chi connectivity index (χ3v) is 12.1. The summed E-state index contributed by atoms with van der Waals surface area (Å²) in [6.45, 7) is 7.51. The summed E-state index contributed by atoms with van der Waals surface area (Å²) in [5, 5.41) is 19.0. The fourth-order valence-corrected chi connectivity index (χ4v) is 10.7. The van der Waals surface area contributed by atoms with Gasteiger partial charge >= 0.3 is 5.97 Å². The molecule has 3 aliphatic rings. The molecule has 0 saturated carbocycles. The van der Waals surface area contributed by atoms with Gasteiger partial charge in [-0.2, -0.15) is 0 Å². The van der Waals surface area contributed by atoms with Crippen LogP contribution in [0.15, 0.2) is 79.9 Å². The van der Waals surface area contributed by atoms with Gasteiger partial charge < -0.3 is 19.6 Å². The molecule has 4 heterocycles. The number of esters is 1. The average molecular weight is 681 g/mol. The van der Waals surface area contributed by atoms with Gasteiger partial charge in [0.1, 0.15) is 24.8 Å². The van der Waals surface area contributed by atoms with Crippen molar-refractivity contribution in [2.75, 3.05) is 19.8 Å². The van der Waals surface area contributed by atoms with E-state index < -0.39 is 34.6 Å². The minimum atomic E-state index is -0.942. The number of aliphatic hydroxyl groups is 1. The molecule has 1 spiro atoms. The van der Waals surface area contributed by atoms with Crippen LogP contribution in [-0.4, -0.2) is 94.4 Å². The number of fused-ring (bicyclic) bond motifs is 2. The standard InChI is InChI=1S/C32H34BrN5O5S/c1-3-14-36(19-37-24-13-9-8-12-23(24)34-35-37)30(41)28-32-17-22(33)27(44-32)25(31(42)43-15-4-2)26(32)29(40)38(28)21(18-39)16-20-10-6-5-7-11-20/h3-13,21-22,25-28,39H,1-2,14-19H2/t21-,22?,25+,26+,27+,28?,32?/m1/s1. The quantitative estimate of drug-likeness (QED) is 0.176. The summed E-state index contributed by atoms with van der Waals surface area (Å²) in [7, 11) is 0. The number of hydrogen-bond acceptors (Lipinski definition) is 8. The van der Waals surface area contributed by atoms with E-state index in [4.69, 9.17) is 4.74 Å². The Bertz CT molecular complexity index is 1590. The third-order valence-electron chi connectivity index (χ3n) is 8.88. The number of halogens is 1. The predicted octanol–water partition coefficient (Wildman–Crippen LogP) is 3.20. The van der Waals surface area contributed by atoms with E-state index in [1.165, 1.54) is 17.8 Å². The second kappa shape index (κ2) is 12.5. The molecule has 2 bridgehead atoms. The number of aliphatic hydroxyl groups excluding tert-OH is 1. The smallest absolute Gasteiger partial charge is 0.311 e. The fraction of sp³-hybridized carbons (Fsp3) is 0.406. The Hall–Kier alpha value is -3.48. The number of aromatic nitrogens is 3. The maximum absolute atomic E-state index is 14.9. The van der Waals surface area contributed by atoms with E-state index >= 15 is 0 Å². The van der Waals surface area contributed by atoms with E-state index in [-0.39, 0.29) is 48.3 Å². The molecule has 10 nitrogen and oxygen atoms in total. The molecule has 44 heavy (non-hydrogen) atoms. The highest BCUT2D eigenvalue weighted by Gasteiger charge is 2.76. The summed E-state index contributed by atoms with van der Waals surface area (Å²) in [5.74, 6) is -2.59. The number of amides is 2. The first-order chi connectivity index (χ1) is 21.3. The number of carbonyl (C=O) groups is 3. The zero-order chi connectivity index (χ0) is 31.0. The molecule has 3 unspecified atom stereocenters. The second-order valence-corrected chi connectivity index (χ2v) is 14.1. The van der Waals surface area contributed by atoms with Crippen LogP contribution in [0.1, 0.15) is 12.0 Å². The molecule has 3 aliphatic heterocycles. The lowest BCUT2D eigenvalue weighted by molar-refractivity contribution is -0.153. The second-order valence-electron chi connectivity index (χ2n) is 11.4. The number of para-hydroxylation sites is 1. The van der Waals surface area contributed by atoms with Crippen LogP contribution in [-0.2, 0) is 32.2 Å². The van der Waals surface area contributed by atoms with E-state index in [1.54, 1.807) is 20.6 Å². The number of rotatable bonds is 12. The minimum absolute atomic E-state index is 0.0336. The van der Waals surface area contributed by atoms with Crippen molar-refractivity contribution in [3.05, 3.63) is 85.5 Å². The van der Waals surface area contributed by atoms with Crippen molar-refractivity contribution < 1.29 is 24.2 Å². The fourth-order valence-electron chi connectivity index (χ4n) is 7.11. The lowest BCUT2D eigenvalue weighted by Gasteiger charge is -2.39. The van der Waals surface area contributed by atoms with Crippen LogP contribution in [0.25, 0.3) is 11.0 Å². The highest BCUT2D eigenvalue weighted by atomic mass is 79.9. The molecule has 3 saturated heterocycles. The molecule has 6 rings (SSSR count). The molecule has 7 atom stereocenters. The monoisotopic (exact) mass is 679 g/mol. The van der Waals surface area contributed by atoms with Crippen LogP contribution in [0.3, 0.4) is 0 Å². The number of carbonyl (C=O) groups excluding carboxylic acids is 3. The first kappa shape index (κ1) is 30.5. The highest BCUT2D eigenvalue weighted by Crippen LogP contribution is 2.68. The lowest BCUT2D eigenvalue weighted by atomic mass is 9.71. The Kier molecular flexibility index (Phi) is 8.67. The van der Waals surface area contributed by atoms with Crippen molar-refractivity contribution in [1.29, 1.82) is 0 Å². The van der Waals surface area contributed by atoms with Crippen LogP contribution in [0, 0.1) is 11.8 Å². The van der Waals surface area contributed by atoms with Gasteiger partial charge in [0.2, 0.25) is 11.8 Å². The van der Waals surface area contributed by atoms with Crippen molar-refractivity contribution in [2.45, 2.75) is 46.4 Å². The van der Waals surface area contributed by atoms with Crippen LogP contribution in [0.5, 0.6) is 0 Å². The Labute approximate surface area is 268 Å². The van der Waals surface area contributed by atoms with Crippen LogP contribution < -0.4 is 0 Å². The minimum Gasteiger partial charge on any atom is -0.461 e. The molecule has 0 aliphatic carbocycles. The van der Waals surface area contributed by atoms with Gasteiger partial charge in [0.15, 0.2) is 0 Å². The third kappa shape index (κ3) is 5.06. The van der Waals surface area contributed by atoms with Gasteiger partial charge in [-0.15, -0.1) is 23.4 Å². The molecule has 0 radical (unpaired) electrons. The van der Waals surface area contributed by atoms with Gasteiger partial charge in [-0.1, -0.05) is 82.3 Å². The van der Waals surface area contributed by atoms with Crippen LogP contribution in [0.4, 0.5) is 0 Å². The number of thioether (sulfide) groups is 1. The summed E-state index contributed by atoms with van der Waals surface area (Å²) in [6.07, 6.45) is 4.00. The number of alkyl halides is 1. The summed E-state index contributed by atoms with van der Waals surface area (Å²) in [4.78, 5) is 46.0. The van der Waals surface area contributed by atoms with Gasteiger partial charge in [-0.3, -0.25) is 14.4 Å². The summed E-state index contributed by atoms with van der Waals surface area (Å²) in [6, 6.07) is 15.4. The zero-order valence-corrected chi connectivity index (χ0v) is 26.5. The summed E-state index contributed by atoms with van der Waals surface area (Å²) in [5.41, 5.74) is 2.39. The van der Waals surface area contributed by atoms with Crippen LogP contribution in [0.2, 0.25) is 0 Å². The zero-order valence-electron chi connectivity index (χ0n) is 24.1. The maximum Gasteiger partial charge on any atom is 0.311 e. The molecule has 2 aromatic carbocycles. The highest BCUT2D eigenvalue weighted by molar-refractivity contribution is 9.09. The van der Waals surface area contributed by atoms with Gasteiger partial charge in [0.25, 0.3) is 0 Å². The molecule has 3 aromatic rings. The predicted molar refractivity (Wildman–Crippen MR) is 171 cm³/mol. The Morgan fingerprint density at radius 2 is 1.93 bits per heavy atom. The first-order valence-electron chi connectivity index (χ1n) is 14.6. The molecule has 1 N–H and O–H groups in total. The largest absolute Gasteiger partial charge is 0.461 e. The molecule has 1 aromatic heterocycles. The number of likely N-dealkylation sites (tertiary alicyclic amines) is 1. The van der Waals surface area contributed by atoms with Crippen LogP contribution >= 0.6 is 27.7 Å². The number of nitrogens with zero attached hydrogens (tertiary/aromatic N) is 5. The molecule has 2 amide bonds. The van der Waals surface area contributed by atoms with Gasteiger partial charge in [-0.05, 0) is 30.5 Å². The number of hydrogen-bond donors (Lipinski definition) is 1. The first-order valence-corrected chi connectivity index (χ1v) is 16.4. The van der Waals surface area contributed by atoms with Crippen molar-refractivity contribution in [2.24, 2.45) is 11.8 Å². The lowest BCUT2D eigenvalue weighted by Crippen LogP contribution is -2.58. The van der Waals surface area contributed by atoms with E-state index in [0.29, 0.717) is 18.4 Å². The molecule has 230 valence electrons. The number of benzene rings is 2. The molecular weight excluding hydrogens is 646 g/mol. The molecular formula is C32H34BrN5O5S.